The van der Waals surface area contributed by atoms with Gasteiger partial charge in [-0.15, -0.1) is 0 Å². The molecule has 0 aliphatic heterocycles. The number of para-hydroxylation sites is 1. The Balaban J connectivity index is 2.10. The summed E-state index contributed by atoms with van der Waals surface area (Å²) in [6, 6.07) is 11.8. The predicted octanol–water partition coefficient (Wildman–Crippen LogP) is 3.07. The first-order valence-electron chi connectivity index (χ1n) is 6.34. The number of nitrogens with one attached hydrogen (secondary N) is 1. The molecular weight excluding hydrogens is 238 g/mol. The van der Waals surface area contributed by atoms with Crippen LogP contribution in [-0.4, -0.2) is 4.98 Å². The summed E-state index contributed by atoms with van der Waals surface area (Å²) in [7, 11) is 0. The Bertz CT molecular complexity index is 540. The van der Waals surface area contributed by atoms with Gasteiger partial charge in [0.25, 0.3) is 0 Å². The van der Waals surface area contributed by atoms with E-state index in [2.05, 4.69) is 30.3 Å². The highest BCUT2D eigenvalue weighted by atomic mass is 16.5. The van der Waals surface area contributed by atoms with Gasteiger partial charge in [-0.3, -0.25) is 10.8 Å². The van der Waals surface area contributed by atoms with Gasteiger partial charge in [-0.05, 0) is 29.7 Å². The van der Waals surface area contributed by atoms with Crippen LogP contribution < -0.4 is 16.0 Å². The molecule has 0 atom stereocenters. The standard InChI is InChI=1S/C15H19N3O/c1-11(2)14-5-3-4-6-15(14)19-10-13-9-12(18-16)7-8-17-13/h3-9,11H,10,16H2,1-2H3,(H,17,18). The molecule has 0 saturated heterocycles. The normalized spacial score (nSPS) is 10.5. The SMILES string of the molecule is CC(C)c1ccccc1OCc1cc(NN)ccn1. The van der Waals surface area contributed by atoms with Gasteiger partial charge in [0.15, 0.2) is 0 Å². The van der Waals surface area contributed by atoms with Crippen LogP contribution in [0.3, 0.4) is 0 Å². The number of nitrogens with two attached hydrogens (primary N) is 1. The lowest BCUT2D eigenvalue weighted by molar-refractivity contribution is 0.297. The highest BCUT2D eigenvalue weighted by molar-refractivity contribution is 5.42. The molecule has 0 fully saturated rings. The van der Waals surface area contributed by atoms with E-state index in [1.54, 1.807) is 6.20 Å². The van der Waals surface area contributed by atoms with Crippen LogP contribution in [0.25, 0.3) is 0 Å². The third-order valence-electron chi connectivity index (χ3n) is 2.90. The smallest absolute Gasteiger partial charge is 0.130 e. The fraction of sp³-hybridized carbons (Fsp3) is 0.267. The van der Waals surface area contributed by atoms with Gasteiger partial charge in [-0.1, -0.05) is 32.0 Å². The monoisotopic (exact) mass is 257 g/mol. The van der Waals surface area contributed by atoms with E-state index >= 15 is 0 Å². The molecule has 0 spiro atoms. The molecule has 4 nitrogen and oxygen atoms in total. The minimum Gasteiger partial charge on any atom is -0.487 e. The second-order valence-electron chi connectivity index (χ2n) is 4.66. The second kappa shape index (κ2) is 6.20. The Kier molecular flexibility index (Phi) is 4.36. The van der Waals surface area contributed by atoms with Crippen molar-refractivity contribution < 1.29 is 4.74 Å². The predicted molar refractivity (Wildman–Crippen MR) is 76.9 cm³/mol. The van der Waals surface area contributed by atoms with Gasteiger partial charge in [0.05, 0.1) is 11.4 Å². The molecule has 0 radical (unpaired) electrons. The number of hydrogen-bond donors (Lipinski definition) is 2. The van der Waals surface area contributed by atoms with Crippen molar-refractivity contribution in [2.75, 3.05) is 5.43 Å². The molecule has 0 aliphatic rings. The number of hydrazine groups is 1. The van der Waals surface area contributed by atoms with Crippen molar-refractivity contribution in [1.29, 1.82) is 0 Å². The molecule has 0 aliphatic carbocycles. The van der Waals surface area contributed by atoms with Crippen molar-refractivity contribution in [3.63, 3.8) is 0 Å². The van der Waals surface area contributed by atoms with E-state index in [0.29, 0.717) is 12.5 Å². The van der Waals surface area contributed by atoms with E-state index in [1.165, 1.54) is 5.56 Å². The summed E-state index contributed by atoms with van der Waals surface area (Å²) in [5, 5.41) is 0. The largest absolute Gasteiger partial charge is 0.487 e. The molecular formula is C15H19N3O. The highest BCUT2D eigenvalue weighted by Gasteiger charge is 2.07. The number of benzene rings is 1. The Morgan fingerprint density at radius 2 is 2.05 bits per heavy atom. The summed E-state index contributed by atoms with van der Waals surface area (Å²) in [5.74, 6) is 6.71. The first-order chi connectivity index (χ1) is 9.20. The minimum atomic E-state index is 0.430. The summed E-state index contributed by atoms with van der Waals surface area (Å²) in [4.78, 5) is 4.26. The van der Waals surface area contributed by atoms with Crippen molar-refractivity contribution in [2.45, 2.75) is 26.4 Å². The third-order valence-corrected chi connectivity index (χ3v) is 2.90. The molecule has 2 aromatic rings. The van der Waals surface area contributed by atoms with Crippen molar-refractivity contribution in [1.82, 2.24) is 4.98 Å². The molecule has 19 heavy (non-hydrogen) atoms. The van der Waals surface area contributed by atoms with Crippen molar-refractivity contribution in [2.24, 2.45) is 5.84 Å². The quantitative estimate of drug-likeness (QED) is 0.638. The number of rotatable bonds is 5. The molecule has 0 unspecified atom stereocenters. The van der Waals surface area contributed by atoms with Crippen LogP contribution in [0.15, 0.2) is 42.6 Å². The van der Waals surface area contributed by atoms with Gasteiger partial charge in [-0.2, -0.15) is 0 Å². The molecule has 0 bridgehead atoms. The lowest BCUT2D eigenvalue weighted by atomic mass is 10.0. The fourth-order valence-corrected chi connectivity index (χ4v) is 1.89. The molecule has 1 aromatic heterocycles. The summed E-state index contributed by atoms with van der Waals surface area (Å²) in [6.45, 7) is 4.73. The lowest BCUT2D eigenvalue weighted by Crippen LogP contribution is -2.08. The zero-order valence-electron chi connectivity index (χ0n) is 11.3. The Hall–Kier alpha value is -2.07. The summed E-state index contributed by atoms with van der Waals surface area (Å²) in [5.41, 5.74) is 5.47. The van der Waals surface area contributed by atoms with Crippen LogP contribution in [0.2, 0.25) is 0 Å². The van der Waals surface area contributed by atoms with Gasteiger partial charge in [0.1, 0.15) is 12.4 Å². The molecule has 2 rings (SSSR count). The Morgan fingerprint density at radius 3 is 2.79 bits per heavy atom. The van der Waals surface area contributed by atoms with E-state index in [1.807, 2.05) is 30.3 Å². The van der Waals surface area contributed by atoms with Crippen LogP contribution in [0, 0.1) is 0 Å². The van der Waals surface area contributed by atoms with E-state index in [9.17, 15) is 0 Å². The number of ether oxygens (including phenoxy) is 1. The van der Waals surface area contributed by atoms with E-state index in [4.69, 9.17) is 10.6 Å². The molecule has 3 N–H and O–H groups in total. The highest BCUT2D eigenvalue weighted by Crippen LogP contribution is 2.26. The summed E-state index contributed by atoms with van der Waals surface area (Å²) >= 11 is 0. The molecule has 0 saturated carbocycles. The molecule has 1 aromatic carbocycles. The Morgan fingerprint density at radius 1 is 1.26 bits per heavy atom. The minimum absolute atomic E-state index is 0.430. The number of nitrogens with zero attached hydrogens (tertiary/aromatic N) is 1. The number of nitrogen functional groups attached to an aromatic ring is 1. The van der Waals surface area contributed by atoms with Gasteiger partial charge in [0, 0.05) is 6.20 Å². The van der Waals surface area contributed by atoms with E-state index < -0.39 is 0 Å². The average molecular weight is 257 g/mol. The van der Waals surface area contributed by atoms with Crippen molar-refractivity contribution in [3.8, 4) is 5.75 Å². The van der Waals surface area contributed by atoms with E-state index in [0.717, 1.165) is 17.1 Å². The maximum Gasteiger partial charge on any atom is 0.130 e. The zero-order chi connectivity index (χ0) is 13.7. The average Bonchev–Trinajstić information content (AvgIpc) is 2.45. The second-order valence-corrected chi connectivity index (χ2v) is 4.66. The molecule has 100 valence electrons. The lowest BCUT2D eigenvalue weighted by Gasteiger charge is -2.13. The zero-order valence-corrected chi connectivity index (χ0v) is 11.3. The first-order valence-corrected chi connectivity index (χ1v) is 6.34. The van der Waals surface area contributed by atoms with Crippen LogP contribution >= 0.6 is 0 Å². The van der Waals surface area contributed by atoms with E-state index in [-0.39, 0.29) is 0 Å². The molecule has 0 amide bonds. The maximum absolute atomic E-state index is 5.85. The summed E-state index contributed by atoms with van der Waals surface area (Å²) in [6.07, 6.45) is 1.71. The summed E-state index contributed by atoms with van der Waals surface area (Å²) < 4.78 is 5.85. The number of hydrogen-bond acceptors (Lipinski definition) is 4. The van der Waals surface area contributed by atoms with Crippen molar-refractivity contribution >= 4 is 5.69 Å². The maximum atomic E-state index is 5.85. The van der Waals surface area contributed by atoms with Gasteiger partial charge in [-0.25, -0.2) is 0 Å². The van der Waals surface area contributed by atoms with Crippen LogP contribution in [0.5, 0.6) is 5.75 Å². The number of aromatic nitrogens is 1. The van der Waals surface area contributed by atoms with Crippen LogP contribution in [0.4, 0.5) is 5.69 Å². The van der Waals surface area contributed by atoms with Gasteiger partial charge >= 0.3 is 0 Å². The molecule has 1 heterocycles. The topological polar surface area (TPSA) is 60.2 Å². The number of pyridine rings is 1. The Labute approximate surface area is 113 Å². The van der Waals surface area contributed by atoms with Crippen LogP contribution in [0.1, 0.15) is 31.0 Å². The van der Waals surface area contributed by atoms with Crippen molar-refractivity contribution in [3.05, 3.63) is 53.9 Å². The third kappa shape index (κ3) is 3.45. The molecule has 4 heteroatoms. The van der Waals surface area contributed by atoms with Gasteiger partial charge < -0.3 is 10.2 Å². The van der Waals surface area contributed by atoms with Gasteiger partial charge in [0.2, 0.25) is 0 Å². The fourth-order valence-electron chi connectivity index (χ4n) is 1.89. The van der Waals surface area contributed by atoms with Crippen LogP contribution in [-0.2, 0) is 6.61 Å². The first kappa shape index (κ1) is 13.4. The number of anilines is 1.